The Morgan fingerprint density at radius 3 is 2.80 bits per heavy atom. The van der Waals surface area contributed by atoms with E-state index in [9.17, 15) is 4.39 Å². The maximum absolute atomic E-state index is 13.3. The highest BCUT2D eigenvalue weighted by Crippen LogP contribution is 2.26. The zero-order chi connectivity index (χ0) is 14.5. The van der Waals surface area contributed by atoms with Gasteiger partial charge in [0.15, 0.2) is 0 Å². The molecule has 0 bridgehead atoms. The van der Waals surface area contributed by atoms with Crippen LogP contribution in [0.3, 0.4) is 0 Å². The lowest BCUT2D eigenvalue weighted by Crippen LogP contribution is -2.08. The first-order valence-electron chi connectivity index (χ1n) is 7.39. The van der Waals surface area contributed by atoms with Crippen molar-refractivity contribution < 1.29 is 4.39 Å². The van der Waals surface area contributed by atoms with Crippen molar-refractivity contribution in [3.8, 4) is 0 Å². The SMILES string of the molecule is CCCCCCC(C)n1c(CCl)nc2cc(F)ccc21. The van der Waals surface area contributed by atoms with Crippen LogP contribution in [-0.2, 0) is 5.88 Å². The van der Waals surface area contributed by atoms with E-state index >= 15 is 0 Å². The van der Waals surface area contributed by atoms with E-state index in [0.717, 1.165) is 17.8 Å². The lowest BCUT2D eigenvalue weighted by Gasteiger charge is -2.17. The minimum atomic E-state index is -0.251. The smallest absolute Gasteiger partial charge is 0.125 e. The molecule has 0 saturated heterocycles. The first-order chi connectivity index (χ1) is 9.67. The van der Waals surface area contributed by atoms with E-state index in [4.69, 9.17) is 11.6 Å². The first-order valence-corrected chi connectivity index (χ1v) is 7.93. The number of fused-ring (bicyclic) bond motifs is 1. The summed E-state index contributed by atoms with van der Waals surface area (Å²) in [5.74, 6) is 0.935. The summed E-state index contributed by atoms with van der Waals surface area (Å²) in [6.07, 6.45) is 6.10. The van der Waals surface area contributed by atoms with Gasteiger partial charge in [0.1, 0.15) is 11.6 Å². The summed E-state index contributed by atoms with van der Waals surface area (Å²) in [5.41, 5.74) is 1.67. The van der Waals surface area contributed by atoms with Crippen molar-refractivity contribution in [1.82, 2.24) is 9.55 Å². The van der Waals surface area contributed by atoms with Gasteiger partial charge in [0.2, 0.25) is 0 Å². The van der Waals surface area contributed by atoms with Crippen LogP contribution in [0.1, 0.15) is 57.8 Å². The summed E-state index contributed by atoms with van der Waals surface area (Å²) in [6.45, 7) is 4.40. The van der Waals surface area contributed by atoms with Gasteiger partial charge in [-0.3, -0.25) is 0 Å². The van der Waals surface area contributed by atoms with Gasteiger partial charge in [-0.05, 0) is 25.5 Å². The van der Waals surface area contributed by atoms with E-state index in [0.29, 0.717) is 17.4 Å². The molecule has 20 heavy (non-hydrogen) atoms. The second-order valence-corrected chi connectivity index (χ2v) is 5.63. The van der Waals surface area contributed by atoms with Gasteiger partial charge in [0.25, 0.3) is 0 Å². The van der Waals surface area contributed by atoms with Gasteiger partial charge >= 0.3 is 0 Å². The number of imidazole rings is 1. The minimum Gasteiger partial charge on any atom is -0.324 e. The summed E-state index contributed by atoms with van der Waals surface area (Å²) >= 11 is 5.99. The number of halogens is 2. The van der Waals surface area contributed by atoms with Crippen molar-refractivity contribution in [2.75, 3.05) is 0 Å². The molecule has 2 rings (SSSR count). The molecule has 2 aromatic rings. The van der Waals surface area contributed by atoms with Gasteiger partial charge in [-0.15, -0.1) is 11.6 Å². The molecule has 0 saturated carbocycles. The van der Waals surface area contributed by atoms with Crippen LogP contribution >= 0.6 is 11.6 Å². The van der Waals surface area contributed by atoms with Crippen molar-refractivity contribution in [2.24, 2.45) is 0 Å². The zero-order valence-corrected chi connectivity index (χ0v) is 13.0. The highest BCUT2D eigenvalue weighted by Gasteiger charge is 2.15. The normalized spacial score (nSPS) is 13.0. The number of hydrogen-bond acceptors (Lipinski definition) is 1. The molecular weight excluding hydrogens is 275 g/mol. The van der Waals surface area contributed by atoms with E-state index in [1.54, 1.807) is 6.07 Å². The second kappa shape index (κ2) is 7.07. The summed E-state index contributed by atoms with van der Waals surface area (Å²) in [7, 11) is 0. The standard InChI is InChI=1S/C16H22ClFN2/c1-3-4-5-6-7-12(2)20-15-9-8-13(18)10-14(15)19-16(20)11-17/h8-10,12H,3-7,11H2,1-2H3. The van der Waals surface area contributed by atoms with Gasteiger partial charge < -0.3 is 4.57 Å². The molecule has 0 radical (unpaired) electrons. The molecule has 0 N–H and O–H groups in total. The van der Waals surface area contributed by atoms with Crippen molar-refractivity contribution in [3.05, 3.63) is 29.8 Å². The molecule has 1 heterocycles. The van der Waals surface area contributed by atoms with Crippen molar-refractivity contribution in [2.45, 2.75) is 57.9 Å². The van der Waals surface area contributed by atoms with Crippen molar-refractivity contribution >= 4 is 22.6 Å². The molecule has 0 fully saturated rings. The van der Waals surface area contributed by atoms with Crippen LogP contribution in [0.5, 0.6) is 0 Å². The molecule has 1 aromatic heterocycles. The Kier molecular flexibility index (Phi) is 5.41. The van der Waals surface area contributed by atoms with Crippen LogP contribution in [0.4, 0.5) is 4.39 Å². The fourth-order valence-corrected chi connectivity index (χ4v) is 2.89. The molecule has 0 aliphatic rings. The molecular formula is C16H22ClFN2. The fraction of sp³-hybridized carbons (Fsp3) is 0.562. The number of aromatic nitrogens is 2. The van der Waals surface area contributed by atoms with E-state index in [1.807, 2.05) is 0 Å². The number of rotatable bonds is 7. The van der Waals surface area contributed by atoms with Crippen molar-refractivity contribution in [3.63, 3.8) is 0 Å². The van der Waals surface area contributed by atoms with Crippen LogP contribution in [0.15, 0.2) is 18.2 Å². The van der Waals surface area contributed by atoms with Crippen LogP contribution in [-0.4, -0.2) is 9.55 Å². The summed E-state index contributed by atoms with van der Waals surface area (Å²) in [5, 5.41) is 0. The van der Waals surface area contributed by atoms with Crippen LogP contribution < -0.4 is 0 Å². The third-order valence-corrected chi connectivity index (χ3v) is 4.00. The molecule has 1 atom stereocenters. The summed E-state index contributed by atoms with van der Waals surface area (Å²) in [6, 6.07) is 5.11. The predicted octanol–water partition coefficient (Wildman–Crippen LogP) is 5.45. The third-order valence-electron chi connectivity index (χ3n) is 3.76. The average Bonchev–Trinajstić information content (AvgIpc) is 2.80. The fourth-order valence-electron chi connectivity index (χ4n) is 2.70. The summed E-state index contributed by atoms with van der Waals surface area (Å²) in [4.78, 5) is 4.45. The number of nitrogens with zero attached hydrogens (tertiary/aromatic N) is 2. The zero-order valence-electron chi connectivity index (χ0n) is 12.2. The molecule has 0 aliphatic carbocycles. The summed E-state index contributed by atoms with van der Waals surface area (Å²) < 4.78 is 15.4. The third kappa shape index (κ3) is 3.32. The highest BCUT2D eigenvalue weighted by atomic mass is 35.5. The number of alkyl halides is 1. The molecule has 110 valence electrons. The van der Waals surface area contributed by atoms with Gasteiger partial charge in [-0.2, -0.15) is 0 Å². The Hall–Kier alpha value is -1.09. The Bertz CT molecular complexity index is 565. The Morgan fingerprint density at radius 2 is 2.10 bits per heavy atom. The quantitative estimate of drug-likeness (QED) is 0.491. The van der Waals surface area contributed by atoms with E-state index < -0.39 is 0 Å². The predicted molar refractivity (Wildman–Crippen MR) is 82.7 cm³/mol. The lowest BCUT2D eigenvalue weighted by atomic mass is 10.1. The maximum Gasteiger partial charge on any atom is 0.125 e. The Labute approximate surface area is 125 Å². The topological polar surface area (TPSA) is 17.8 Å². The van der Waals surface area contributed by atoms with Crippen LogP contribution in [0.25, 0.3) is 11.0 Å². The first kappa shape index (κ1) is 15.3. The van der Waals surface area contributed by atoms with Gasteiger partial charge in [0.05, 0.1) is 16.9 Å². The highest BCUT2D eigenvalue weighted by molar-refractivity contribution is 6.16. The Balaban J connectivity index is 2.22. The monoisotopic (exact) mass is 296 g/mol. The molecule has 0 spiro atoms. The molecule has 4 heteroatoms. The molecule has 2 nitrogen and oxygen atoms in total. The van der Waals surface area contributed by atoms with Gasteiger partial charge in [-0.25, -0.2) is 9.37 Å². The number of unbranched alkanes of at least 4 members (excludes halogenated alkanes) is 3. The van der Waals surface area contributed by atoms with E-state index in [2.05, 4.69) is 23.4 Å². The van der Waals surface area contributed by atoms with Crippen LogP contribution in [0, 0.1) is 5.82 Å². The van der Waals surface area contributed by atoms with Gasteiger partial charge in [0, 0.05) is 12.1 Å². The van der Waals surface area contributed by atoms with Crippen LogP contribution in [0.2, 0.25) is 0 Å². The molecule has 1 unspecified atom stereocenters. The van der Waals surface area contributed by atoms with E-state index in [-0.39, 0.29) is 5.82 Å². The second-order valence-electron chi connectivity index (χ2n) is 5.36. The molecule has 0 amide bonds. The lowest BCUT2D eigenvalue weighted by molar-refractivity contribution is 0.473. The minimum absolute atomic E-state index is 0.251. The maximum atomic E-state index is 13.3. The number of hydrogen-bond donors (Lipinski definition) is 0. The number of benzene rings is 1. The van der Waals surface area contributed by atoms with Crippen molar-refractivity contribution in [1.29, 1.82) is 0 Å². The van der Waals surface area contributed by atoms with Gasteiger partial charge in [-0.1, -0.05) is 32.6 Å². The average molecular weight is 297 g/mol. The van der Waals surface area contributed by atoms with E-state index in [1.165, 1.54) is 37.8 Å². The Morgan fingerprint density at radius 1 is 1.30 bits per heavy atom. The largest absolute Gasteiger partial charge is 0.324 e. The molecule has 1 aromatic carbocycles. The molecule has 0 aliphatic heterocycles.